The van der Waals surface area contributed by atoms with Crippen molar-refractivity contribution in [2.24, 2.45) is 0 Å². The first-order chi connectivity index (χ1) is 24.9. The highest BCUT2D eigenvalue weighted by Crippen LogP contribution is 2.52. The number of hydrogen-bond acceptors (Lipinski definition) is 3. The SMILES string of the molecule is Cc1cccc(C)c1-c1cc(-c2cc3c(cc2Nc2ccccc2)Sc2ccccc2C3(C)C)c2c(c1)N(c1ccccc1)c1ccccc1B2. The highest BCUT2D eigenvalue weighted by atomic mass is 32.2. The van der Waals surface area contributed by atoms with E-state index in [2.05, 4.69) is 190 Å². The van der Waals surface area contributed by atoms with Crippen molar-refractivity contribution >= 4 is 58.4 Å². The molecule has 0 amide bonds. The van der Waals surface area contributed by atoms with Gasteiger partial charge in [-0.1, -0.05) is 122 Å². The van der Waals surface area contributed by atoms with Crippen molar-refractivity contribution in [3.63, 3.8) is 0 Å². The fourth-order valence-corrected chi connectivity index (χ4v) is 9.66. The zero-order chi connectivity index (χ0) is 34.7. The Labute approximate surface area is 306 Å². The third-order valence-corrected chi connectivity index (χ3v) is 11.9. The van der Waals surface area contributed by atoms with Crippen molar-refractivity contribution in [1.29, 1.82) is 0 Å². The van der Waals surface area contributed by atoms with E-state index in [1.165, 1.54) is 76.6 Å². The lowest BCUT2D eigenvalue weighted by Gasteiger charge is -2.37. The van der Waals surface area contributed by atoms with Crippen LogP contribution in [0.1, 0.15) is 36.1 Å². The Bertz CT molecular complexity index is 2430. The summed E-state index contributed by atoms with van der Waals surface area (Å²) in [6, 6.07) is 55.7. The minimum absolute atomic E-state index is 0.163. The Morgan fingerprint density at radius 1 is 0.588 bits per heavy atom. The van der Waals surface area contributed by atoms with Crippen LogP contribution in [0.3, 0.4) is 0 Å². The number of para-hydroxylation sites is 3. The van der Waals surface area contributed by atoms with Gasteiger partial charge in [-0.05, 0) is 119 Å². The largest absolute Gasteiger partial charge is 0.355 e. The molecule has 0 radical (unpaired) electrons. The standard InChI is InChI=1S/C47H39BN2S/c1-30-16-15-17-31(2)45(30)32-26-36(46-42(27-32)50(34-20-9-6-10-21-34)41-24-13-12-23-39(41)48-46)35-28-38-44(29-40(35)49-33-18-7-5-8-19-33)51-43-25-14-11-22-37(43)47(38,3)4/h5-29,48-49H,1-4H3. The quantitative estimate of drug-likeness (QED) is 0.183. The number of rotatable bonds is 5. The van der Waals surface area contributed by atoms with Gasteiger partial charge >= 0.3 is 0 Å². The molecule has 4 heteroatoms. The van der Waals surface area contributed by atoms with E-state index in [0.29, 0.717) is 0 Å². The van der Waals surface area contributed by atoms with Crippen LogP contribution in [0.4, 0.5) is 28.4 Å². The lowest BCUT2D eigenvalue weighted by atomic mass is 9.58. The number of anilines is 5. The van der Waals surface area contributed by atoms with Gasteiger partial charge in [0.1, 0.15) is 0 Å². The molecule has 2 nitrogen and oxygen atoms in total. The van der Waals surface area contributed by atoms with Crippen molar-refractivity contribution in [2.75, 3.05) is 10.2 Å². The first-order valence-electron chi connectivity index (χ1n) is 17.8. The maximum atomic E-state index is 3.90. The van der Waals surface area contributed by atoms with E-state index in [4.69, 9.17) is 0 Å². The molecule has 0 aromatic heterocycles. The molecule has 0 bridgehead atoms. The molecular formula is C47H39BN2S. The molecule has 9 rings (SSSR count). The number of fused-ring (bicyclic) bond motifs is 4. The van der Waals surface area contributed by atoms with Gasteiger partial charge in [-0.3, -0.25) is 0 Å². The Balaban J connectivity index is 1.37. The zero-order valence-electron chi connectivity index (χ0n) is 29.5. The van der Waals surface area contributed by atoms with E-state index in [-0.39, 0.29) is 5.41 Å². The summed E-state index contributed by atoms with van der Waals surface area (Å²) in [6.07, 6.45) is 0. The molecule has 0 saturated carbocycles. The van der Waals surface area contributed by atoms with Crippen molar-refractivity contribution in [3.05, 3.63) is 174 Å². The highest BCUT2D eigenvalue weighted by Gasteiger charge is 2.35. The molecule has 2 aliphatic heterocycles. The second kappa shape index (κ2) is 12.4. The highest BCUT2D eigenvalue weighted by molar-refractivity contribution is 7.99. The van der Waals surface area contributed by atoms with E-state index in [0.717, 1.165) is 24.3 Å². The molecule has 0 fully saturated rings. The summed E-state index contributed by atoms with van der Waals surface area (Å²) in [7, 11) is 0.847. The fraction of sp³-hybridized carbons (Fsp3) is 0.106. The van der Waals surface area contributed by atoms with Gasteiger partial charge < -0.3 is 10.2 Å². The molecule has 7 aromatic carbocycles. The summed E-state index contributed by atoms with van der Waals surface area (Å²) in [4.78, 5) is 5.11. The Kier molecular flexibility index (Phi) is 7.67. The summed E-state index contributed by atoms with van der Waals surface area (Å²) < 4.78 is 0. The molecule has 0 saturated heterocycles. The molecule has 2 heterocycles. The van der Waals surface area contributed by atoms with Crippen LogP contribution >= 0.6 is 11.8 Å². The summed E-state index contributed by atoms with van der Waals surface area (Å²) in [5.74, 6) is 0. The molecule has 51 heavy (non-hydrogen) atoms. The van der Waals surface area contributed by atoms with Crippen LogP contribution in [0.15, 0.2) is 161 Å². The van der Waals surface area contributed by atoms with Crippen LogP contribution in [-0.4, -0.2) is 7.28 Å². The van der Waals surface area contributed by atoms with E-state index in [9.17, 15) is 0 Å². The number of nitrogens with one attached hydrogen (secondary N) is 1. The minimum Gasteiger partial charge on any atom is -0.355 e. The van der Waals surface area contributed by atoms with Gasteiger partial charge in [0.25, 0.3) is 0 Å². The Hall–Kier alpha value is -5.45. The Morgan fingerprint density at radius 3 is 2.06 bits per heavy atom. The molecule has 0 atom stereocenters. The van der Waals surface area contributed by atoms with Gasteiger partial charge in [-0.25, -0.2) is 0 Å². The summed E-state index contributed by atoms with van der Waals surface area (Å²) in [5.41, 5.74) is 18.7. The molecule has 0 aliphatic carbocycles. The van der Waals surface area contributed by atoms with Crippen LogP contribution in [-0.2, 0) is 5.41 Å². The summed E-state index contributed by atoms with van der Waals surface area (Å²) in [5, 5.41) is 3.90. The lowest BCUT2D eigenvalue weighted by Crippen LogP contribution is -2.41. The van der Waals surface area contributed by atoms with Crippen molar-refractivity contribution < 1.29 is 0 Å². The van der Waals surface area contributed by atoms with Gasteiger partial charge in [0.2, 0.25) is 0 Å². The van der Waals surface area contributed by atoms with Crippen LogP contribution < -0.4 is 21.1 Å². The lowest BCUT2D eigenvalue weighted by molar-refractivity contribution is 0.608. The molecule has 1 N–H and O–H groups in total. The van der Waals surface area contributed by atoms with E-state index < -0.39 is 0 Å². The summed E-state index contributed by atoms with van der Waals surface area (Å²) in [6.45, 7) is 9.25. The third kappa shape index (κ3) is 5.37. The van der Waals surface area contributed by atoms with E-state index in [1.807, 2.05) is 11.8 Å². The smallest absolute Gasteiger partial charge is 0.198 e. The summed E-state index contributed by atoms with van der Waals surface area (Å²) >= 11 is 1.89. The second-order valence-corrected chi connectivity index (χ2v) is 15.5. The average molecular weight is 675 g/mol. The molecule has 0 spiro atoms. The third-order valence-electron chi connectivity index (χ3n) is 10.8. The van der Waals surface area contributed by atoms with Gasteiger partial charge in [0, 0.05) is 49.2 Å². The number of aryl methyl sites for hydroxylation is 2. The van der Waals surface area contributed by atoms with Gasteiger partial charge in [0.05, 0.1) is 0 Å². The van der Waals surface area contributed by atoms with Crippen LogP contribution in [0.25, 0.3) is 22.3 Å². The molecule has 7 aromatic rings. The van der Waals surface area contributed by atoms with Crippen LogP contribution in [0, 0.1) is 13.8 Å². The van der Waals surface area contributed by atoms with E-state index in [1.54, 1.807) is 0 Å². The fourth-order valence-electron chi connectivity index (χ4n) is 8.24. The first-order valence-corrected chi connectivity index (χ1v) is 18.6. The van der Waals surface area contributed by atoms with Gasteiger partial charge in [0.15, 0.2) is 7.28 Å². The first kappa shape index (κ1) is 31.5. The van der Waals surface area contributed by atoms with Crippen molar-refractivity contribution in [1.82, 2.24) is 0 Å². The number of benzene rings is 7. The second-order valence-electron chi connectivity index (χ2n) is 14.4. The predicted octanol–water partition coefficient (Wildman–Crippen LogP) is 11.3. The Morgan fingerprint density at radius 2 is 1.27 bits per heavy atom. The zero-order valence-corrected chi connectivity index (χ0v) is 30.3. The molecule has 0 unspecified atom stereocenters. The van der Waals surface area contributed by atoms with Crippen LogP contribution in [0.2, 0.25) is 0 Å². The normalized spacial score (nSPS) is 13.7. The number of hydrogen-bond donors (Lipinski definition) is 1. The van der Waals surface area contributed by atoms with Gasteiger partial charge in [-0.2, -0.15) is 0 Å². The minimum atomic E-state index is -0.163. The average Bonchev–Trinajstić information content (AvgIpc) is 3.14. The predicted molar refractivity (Wildman–Crippen MR) is 220 cm³/mol. The maximum Gasteiger partial charge on any atom is 0.198 e. The maximum absolute atomic E-state index is 3.90. The molecular weight excluding hydrogens is 635 g/mol. The topological polar surface area (TPSA) is 15.3 Å². The van der Waals surface area contributed by atoms with Crippen molar-refractivity contribution in [2.45, 2.75) is 42.9 Å². The van der Waals surface area contributed by atoms with Crippen LogP contribution in [0.5, 0.6) is 0 Å². The van der Waals surface area contributed by atoms with Crippen molar-refractivity contribution in [3.8, 4) is 22.3 Å². The number of nitrogens with zero attached hydrogens (tertiary/aromatic N) is 1. The monoisotopic (exact) mass is 674 g/mol. The molecule has 246 valence electrons. The molecule has 2 aliphatic rings. The van der Waals surface area contributed by atoms with Gasteiger partial charge in [-0.15, -0.1) is 0 Å². The van der Waals surface area contributed by atoms with E-state index >= 15 is 0 Å².